The molecule has 13 heteroatoms. The van der Waals surface area contributed by atoms with Crippen LogP contribution in [0.2, 0.25) is 10.0 Å². The first-order valence-electron chi connectivity index (χ1n) is 9.97. The second-order valence-electron chi connectivity index (χ2n) is 7.48. The van der Waals surface area contributed by atoms with Crippen molar-refractivity contribution in [2.45, 2.75) is 31.7 Å². The van der Waals surface area contributed by atoms with Crippen molar-refractivity contribution in [3.8, 4) is 22.9 Å². The molecule has 2 aromatic carbocycles. The Hall–Kier alpha value is -3.44. The number of hydrogen-bond acceptors (Lipinski definition) is 6. The van der Waals surface area contributed by atoms with Gasteiger partial charge >= 0.3 is 5.69 Å². The minimum absolute atomic E-state index is 0.00298. The quantitative estimate of drug-likeness (QED) is 0.459. The number of carbonyl (C=O) groups is 1. The van der Waals surface area contributed by atoms with Gasteiger partial charge in [0.1, 0.15) is 11.5 Å². The molecule has 9 nitrogen and oxygen atoms in total. The van der Waals surface area contributed by atoms with E-state index >= 15 is 0 Å². The lowest BCUT2D eigenvalue weighted by Gasteiger charge is -2.26. The van der Waals surface area contributed by atoms with Gasteiger partial charge in [0, 0.05) is 6.04 Å². The van der Waals surface area contributed by atoms with Crippen molar-refractivity contribution in [2.24, 2.45) is 0 Å². The smallest absolute Gasteiger partial charge is 0.349 e. The minimum atomic E-state index is -3.21. The fourth-order valence-electron chi connectivity index (χ4n) is 3.19. The standard InChI is InChI=1S/C21H16Cl2F2N4O5/c22-13-6-10(29-21(33)27-20(32)16(28-29)18(24)25)7-14(23)17(13)34-11-4-5-15(30)12(8-11)19(31)26-9-2-1-3-9/h4-9,18,30H,1-3H2,(H,26,31)(H,27,32,33). The number of nitrogens with one attached hydrogen (secondary N) is 2. The monoisotopic (exact) mass is 512 g/mol. The summed E-state index contributed by atoms with van der Waals surface area (Å²) in [5, 5.41) is 16.0. The van der Waals surface area contributed by atoms with Crippen molar-refractivity contribution in [3.63, 3.8) is 0 Å². The molecule has 0 atom stereocenters. The molecule has 0 aliphatic heterocycles. The predicted octanol–water partition coefficient (Wildman–Crippen LogP) is 3.95. The number of aromatic amines is 1. The average Bonchev–Trinajstić information content (AvgIpc) is 2.74. The maximum Gasteiger partial charge on any atom is 0.349 e. The number of hydrogen-bond donors (Lipinski definition) is 3. The fourth-order valence-corrected chi connectivity index (χ4v) is 3.74. The molecule has 4 rings (SSSR count). The number of rotatable bonds is 6. The first-order chi connectivity index (χ1) is 16.1. The number of phenols is 1. The van der Waals surface area contributed by atoms with Crippen LogP contribution >= 0.6 is 23.2 Å². The van der Waals surface area contributed by atoms with Gasteiger partial charge < -0.3 is 15.2 Å². The molecule has 0 saturated heterocycles. The van der Waals surface area contributed by atoms with Crippen molar-refractivity contribution >= 4 is 29.1 Å². The zero-order valence-corrected chi connectivity index (χ0v) is 18.7. The number of aromatic hydroxyl groups is 1. The summed E-state index contributed by atoms with van der Waals surface area (Å²) >= 11 is 12.5. The number of phenolic OH excluding ortho intramolecular Hbond substituents is 1. The van der Waals surface area contributed by atoms with Crippen LogP contribution in [0.15, 0.2) is 39.9 Å². The molecule has 1 amide bonds. The van der Waals surface area contributed by atoms with Gasteiger partial charge in [-0.3, -0.25) is 14.6 Å². The molecule has 0 bridgehead atoms. The first-order valence-corrected chi connectivity index (χ1v) is 10.7. The van der Waals surface area contributed by atoms with Crippen LogP contribution in [0, 0.1) is 0 Å². The maximum absolute atomic E-state index is 13.0. The van der Waals surface area contributed by atoms with E-state index in [-0.39, 0.29) is 44.6 Å². The molecular weight excluding hydrogens is 497 g/mol. The molecule has 0 spiro atoms. The summed E-state index contributed by atoms with van der Waals surface area (Å²) in [6, 6.07) is 6.39. The van der Waals surface area contributed by atoms with E-state index < -0.39 is 29.3 Å². The zero-order chi connectivity index (χ0) is 24.6. The van der Waals surface area contributed by atoms with Crippen molar-refractivity contribution in [1.82, 2.24) is 20.1 Å². The second-order valence-corrected chi connectivity index (χ2v) is 8.29. The van der Waals surface area contributed by atoms with Gasteiger partial charge in [-0.2, -0.15) is 9.78 Å². The number of alkyl halides is 2. The number of aromatic nitrogens is 3. The molecule has 3 N–H and O–H groups in total. The van der Waals surface area contributed by atoms with Crippen LogP contribution in [0.5, 0.6) is 17.2 Å². The number of amides is 1. The Kier molecular flexibility index (Phi) is 6.58. The number of carbonyl (C=O) groups excluding carboxylic acids is 1. The lowest BCUT2D eigenvalue weighted by molar-refractivity contribution is 0.0914. The lowest BCUT2D eigenvalue weighted by atomic mass is 9.93. The van der Waals surface area contributed by atoms with Crippen LogP contribution in [-0.4, -0.2) is 31.8 Å². The van der Waals surface area contributed by atoms with E-state index in [1.54, 1.807) is 4.98 Å². The normalized spacial score (nSPS) is 13.6. The van der Waals surface area contributed by atoms with Gasteiger partial charge in [0.05, 0.1) is 21.3 Å². The van der Waals surface area contributed by atoms with Crippen molar-refractivity contribution in [2.75, 3.05) is 0 Å². The molecule has 0 radical (unpaired) electrons. The Labute approximate surface area is 199 Å². The Morgan fingerprint density at radius 1 is 1.21 bits per heavy atom. The van der Waals surface area contributed by atoms with Crippen molar-refractivity contribution in [3.05, 3.63) is 72.5 Å². The van der Waals surface area contributed by atoms with E-state index in [1.807, 2.05) is 0 Å². The summed E-state index contributed by atoms with van der Waals surface area (Å²) in [6.45, 7) is 0. The highest BCUT2D eigenvalue weighted by Gasteiger charge is 2.23. The van der Waals surface area contributed by atoms with Crippen molar-refractivity contribution in [1.29, 1.82) is 0 Å². The fraction of sp³-hybridized carbons (Fsp3) is 0.238. The number of H-pyrrole nitrogens is 1. The zero-order valence-electron chi connectivity index (χ0n) is 17.1. The van der Waals surface area contributed by atoms with Gasteiger partial charge in [-0.05, 0) is 49.6 Å². The molecule has 178 valence electrons. The summed E-state index contributed by atoms with van der Waals surface area (Å²) in [5.41, 5.74) is -3.63. The van der Waals surface area contributed by atoms with Gasteiger partial charge in [-0.15, -0.1) is 0 Å². The highest BCUT2D eigenvalue weighted by Crippen LogP contribution is 2.39. The summed E-state index contributed by atoms with van der Waals surface area (Å²) in [7, 11) is 0. The molecule has 34 heavy (non-hydrogen) atoms. The molecule has 1 aromatic heterocycles. The summed E-state index contributed by atoms with van der Waals surface area (Å²) < 4.78 is 32.2. The Balaban J connectivity index is 1.65. The summed E-state index contributed by atoms with van der Waals surface area (Å²) in [5.74, 6) is -0.629. The van der Waals surface area contributed by atoms with E-state index in [9.17, 15) is 28.3 Å². The van der Waals surface area contributed by atoms with E-state index in [4.69, 9.17) is 27.9 Å². The number of halogens is 4. The van der Waals surface area contributed by atoms with Crippen LogP contribution in [0.1, 0.15) is 41.7 Å². The van der Waals surface area contributed by atoms with E-state index in [0.29, 0.717) is 4.68 Å². The summed E-state index contributed by atoms with van der Waals surface area (Å²) in [4.78, 5) is 37.8. The van der Waals surface area contributed by atoms with E-state index in [2.05, 4.69) is 10.4 Å². The van der Waals surface area contributed by atoms with Crippen LogP contribution in [0.4, 0.5) is 8.78 Å². The van der Waals surface area contributed by atoms with Gasteiger partial charge in [0.15, 0.2) is 11.4 Å². The Bertz CT molecular complexity index is 1370. The number of benzene rings is 2. The molecule has 1 fully saturated rings. The highest BCUT2D eigenvalue weighted by atomic mass is 35.5. The molecule has 0 unspecified atom stereocenters. The average molecular weight is 513 g/mol. The van der Waals surface area contributed by atoms with Crippen LogP contribution in [0.3, 0.4) is 0 Å². The third kappa shape index (κ3) is 4.75. The van der Waals surface area contributed by atoms with Crippen LogP contribution in [-0.2, 0) is 0 Å². The molecule has 3 aromatic rings. The third-order valence-corrected chi connectivity index (χ3v) is 5.72. The molecule has 1 aliphatic carbocycles. The number of ether oxygens (including phenoxy) is 1. The molecule has 1 heterocycles. The topological polar surface area (TPSA) is 126 Å². The van der Waals surface area contributed by atoms with Gasteiger partial charge in [-0.25, -0.2) is 13.6 Å². The van der Waals surface area contributed by atoms with Crippen molar-refractivity contribution < 1.29 is 23.4 Å². The highest BCUT2D eigenvalue weighted by molar-refractivity contribution is 6.37. The van der Waals surface area contributed by atoms with Crippen LogP contribution < -0.4 is 21.3 Å². The minimum Gasteiger partial charge on any atom is -0.507 e. The predicted molar refractivity (Wildman–Crippen MR) is 119 cm³/mol. The van der Waals surface area contributed by atoms with Gasteiger partial charge in [-0.1, -0.05) is 23.2 Å². The van der Waals surface area contributed by atoms with Crippen LogP contribution in [0.25, 0.3) is 5.69 Å². The van der Waals surface area contributed by atoms with E-state index in [1.165, 1.54) is 30.3 Å². The lowest BCUT2D eigenvalue weighted by Crippen LogP contribution is -2.39. The molecule has 1 saturated carbocycles. The Morgan fingerprint density at radius 2 is 1.88 bits per heavy atom. The van der Waals surface area contributed by atoms with Gasteiger partial charge in [0.2, 0.25) is 0 Å². The second kappa shape index (κ2) is 9.43. The largest absolute Gasteiger partial charge is 0.507 e. The van der Waals surface area contributed by atoms with Gasteiger partial charge in [0.25, 0.3) is 17.9 Å². The Morgan fingerprint density at radius 3 is 2.47 bits per heavy atom. The molecule has 1 aliphatic rings. The SMILES string of the molecule is O=C(NC1CCC1)c1cc(Oc2c(Cl)cc(-n3nc(C(F)F)c(=O)[nH]c3=O)cc2Cl)ccc1O. The third-order valence-electron chi connectivity index (χ3n) is 5.16. The first kappa shape index (κ1) is 23.7. The number of nitrogens with zero attached hydrogens (tertiary/aromatic N) is 2. The maximum atomic E-state index is 13.0. The molecular formula is C21H16Cl2F2N4O5. The summed E-state index contributed by atoms with van der Waals surface area (Å²) in [6.07, 6.45) is -0.454. The van der Waals surface area contributed by atoms with E-state index in [0.717, 1.165) is 19.3 Å².